The molecule has 0 heterocycles. The molecule has 1 nitrogen and oxygen atoms in total. The summed E-state index contributed by atoms with van der Waals surface area (Å²) in [6, 6.07) is 0. The summed E-state index contributed by atoms with van der Waals surface area (Å²) in [4.78, 5) is 0. The van der Waals surface area contributed by atoms with Crippen molar-refractivity contribution in [2.75, 3.05) is 13.2 Å². The standard InChI is InChI=1S/C21H40O/c1-3-5-18-6-8-19(9-7-18)10-11-20-12-14-21(15-13-20)17-22-16-4-2/h18-21H,3-17H2,1-2H3/t18-,19-,20-,21-. The Morgan fingerprint density at radius 3 is 1.50 bits per heavy atom. The second-order valence-electron chi connectivity index (χ2n) is 8.21. The van der Waals surface area contributed by atoms with Gasteiger partial charge in [-0.1, -0.05) is 78.1 Å². The third kappa shape index (κ3) is 6.60. The van der Waals surface area contributed by atoms with Gasteiger partial charge in [-0.25, -0.2) is 0 Å². The molecule has 0 atom stereocenters. The summed E-state index contributed by atoms with van der Waals surface area (Å²) in [5.41, 5.74) is 0. The SMILES string of the molecule is CCCOC[C@H]1CC[C@H](CC[C@H]2CC[C@H](CCC)CC2)CC1. The second kappa shape index (κ2) is 10.7. The lowest BCUT2D eigenvalue weighted by molar-refractivity contribution is 0.0763. The Morgan fingerprint density at radius 1 is 0.591 bits per heavy atom. The number of rotatable bonds is 9. The highest BCUT2D eigenvalue weighted by atomic mass is 16.5. The van der Waals surface area contributed by atoms with Crippen molar-refractivity contribution < 1.29 is 4.74 Å². The first-order valence-electron chi connectivity index (χ1n) is 10.4. The third-order valence-electron chi connectivity index (χ3n) is 6.31. The van der Waals surface area contributed by atoms with E-state index in [4.69, 9.17) is 4.74 Å². The molecule has 0 aromatic heterocycles. The Bertz CT molecular complexity index is 259. The van der Waals surface area contributed by atoms with Gasteiger partial charge in [-0.05, 0) is 42.9 Å². The van der Waals surface area contributed by atoms with Gasteiger partial charge < -0.3 is 4.74 Å². The van der Waals surface area contributed by atoms with Crippen LogP contribution in [0.3, 0.4) is 0 Å². The summed E-state index contributed by atoms with van der Waals surface area (Å²) in [6.45, 7) is 6.53. The van der Waals surface area contributed by atoms with Crippen LogP contribution in [0.4, 0.5) is 0 Å². The molecule has 0 spiro atoms. The minimum atomic E-state index is 0.868. The van der Waals surface area contributed by atoms with Gasteiger partial charge in [0, 0.05) is 13.2 Å². The van der Waals surface area contributed by atoms with Gasteiger partial charge in [0.15, 0.2) is 0 Å². The van der Waals surface area contributed by atoms with E-state index in [0.29, 0.717) is 0 Å². The average Bonchev–Trinajstić information content (AvgIpc) is 2.56. The van der Waals surface area contributed by atoms with Crippen LogP contribution in [0.15, 0.2) is 0 Å². The van der Waals surface area contributed by atoms with Crippen LogP contribution in [0.2, 0.25) is 0 Å². The molecule has 130 valence electrons. The maximum atomic E-state index is 5.74. The Hall–Kier alpha value is -0.0400. The van der Waals surface area contributed by atoms with E-state index in [0.717, 1.165) is 43.3 Å². The Kier molecular flexibility index (Phi) is 8.89. The van der Waals surface area contributed by atoms with Crippen molar-refractivity contribution in [2.45, 2.75) is 97.3 Å². The minimum Gasteiger partial charge on any atom is -0.381 e. The molecule has 22 heavy (non-hydrogen) atoms. The van der Waals surface area contributed by atoms with Crippen LogP contribution in [0, 0.1) is 23.7 Å². The number of hydrogen-bond donors (Lipinski definition) is 0. The fourth-order valence-corrected chi connectivity index (χ4v) is 4.77. The van der Waals surface area contributed by atoms with Crippen LogP contribution in [-0.4, -0.2) is 13.2 Å². The Labute approximate surface area is 139 Å². The zero-order chi connectivity index (χ0) is 15.6. The van der Waals surface area contributed by atoms with Gasteiger partial charge in [-0.3, -0.25) is 0 Å². The lowest BCUT2D eigenvalue weighted by atomic mass is 9.75. The highest BCUT2D eigenvalue weighted by Crippen LogP contribution is 2.37. The second-order valence-corrected chi connectivity index (χ2v) is 8.21. The zero-order valence-corrected chi connectivity index (χ0v) is 15.3. The van der Waals surface area contributed by atoms with Crippen molar-refractivity contribution in [3.05, 3.63) is 0 Å². The normalized spacial score (nSPS) is 33.0. The van der Waals surface area contributed by atoms with Crippen molar-refractivity contribution in [3.63, 3.8) is 0 Å². The summed E-state index contributed by atoms with van der Waals surface area (Å²) in [5.74, 6) is 4.04. The minimum absolute atomic E-state index is 0.868. The van der Waals surface area contributed by atoms with E-state index >= 15 is 0 Å². The van der Waals surface area contributed by atoms with Crippen LogP contribution in [0.25, 0.3) is 0 Å². The summed E-state index contributed by atoms with van der Waals surface area (Å²) in [7, 11) is 0. The number of hydrogen-bond acceptors (Lipinski definition) is 1. The summed E-state index contributed by atoms with van der Waals surface area (Å²) < 4.78 is 5.74. The van der Waals surface area contributed by atoms with E-state index in [1.165, 1.54) is 77.0 Å². The predicted molar refractivity (Wildman–Crippen MR) is 96.1 cm³/mol. The van der Waals surface area contributed by atoms with E-state index in [1.807, 2.05) is 0 Å². The molecule has 0 aromatic carbocycles. The summed E-state index contributed by atoms with van der Waals surface area (Å²) >= 11 is 0. The fourth-order valence-electron chi connectivity index (χ4n) is 4.77. The molecule has 0 aromatic rings. The van der Waals surface area contributed by atoms with E-state index in [2.05, 4.69) is 13.8 Å². The molecule has 0 radical (unpaired) electrons. The van der Waals surface area contributed by atoms with Gasteiger partial charge in [0.25, 0.3) is 0 Å². The van der Waals surface area contributed by atoms with E-state index in [1.54, 1.807) is 0 Å². The van der Waals surface area contributed by atoms with Crippen molar-refractivity contribution in [3.8, 4) is 0 Å². The molecule has 0 unspecified atom stereocenters. The Balaban J connectivity index is 1.52. The van der Waals surface area contributed by atoms with E-state index in [-0.39, 0.29) is 0 Å². The molecular formula is C21H40O. The molecule has 2 aliphatic carbocycles. The quantitative estimate of drug-likeness (QED) is 0.436. The number of ether oxygens (including phenoxy) is 1. The molecule has 2 aliphatic rings. The van der Waals surface area contributed by atoms with Gasteiger partial charge in [-0.2, -0.15) is 0 Å². The lowest BCUT2D eigenvalue weighted by Crippen LogP contribution is -2.20. The molecule has 0 aliphatic heterocycles. The molecule has 0 amide bonds. The monoisotopic (exact) mass is 308 g/mol. The van der Waals surface area contributed by atoms with Gasteiger partial charge in [0.1, 0.15) is 0 Å². The van der Waals surface area contributed by atoms with Crippen LogP contribution < -0.4 is 0 Å². The smallest absolute Gasteiger partial charge is 0.0494 e. The van der Waals surface area contributed by atoms with Gasteiger partial charge >= 0.3 is 0 Å². The first-order chi connectivity index (χ1) is 10.8. The van der Waals surface area contributed by atoms with Gasteiger partial charge in [0.2, 0.25) is 0 Å². The molecule has 0 N–H and O–H groups in total. The van der Waals surface area contributed by atoms with E-state index in [9.17, 15) is 0 Å². The predicted octanol–water partition coefficient (Wildman–Crippen LogP) is 6.61. The first kappa shape index (κ1) is 18.3. The van der Waals surface area contributed by atoms with Crippen LogP contribution in [0.5, 0.6) is 0 Å². The molecule has 1 heteroatoms. The van der Waals surface area contributed by atoms with Crippen molar-refractivity contribution in [1.82, 2.24) is 0 Å². The Morgan fingerprint density at radius 2 is 1.05 bits per heavy atom. The van der Waals surface area contributed by atoms with Crippen LogP contribution in [-0.2, 0) is 4.74 Å². The summed E-state index contributed by atoms with van der Waals surface area (Å²) in [6.07, 6.45) is 19.0. The van der Waals surface area contributed by atoms with Crippen molar-refractivity contribution in [2.24, 2.45) is 23.7 Å². The first-order valence-corrected chi connectivity index (χ1v) is 10.4. The molecule has 2 fully saturated rings. The molecular weight excluding hydrogens is 268 g/mol. The average molecular weight is 309 g/mol. The van der Waals surface area contributed by atoms with E-state index < -0.39 is 0 Å². The van der Waals surface area contributed by atoms with Crippen molar-refractivity contribution in [1.29, 1.82) is 0 Å². The van der Waals surface area contributed by atoms with Crippen molar-refractivity contribution >= 4 is 0 Å². The highest BCUT2D eigenvalue weighted by Gasteiger charge is 2.24. The molecule has 2 saturated carbocycles. The van der Waals surface area contributed by atoms with Crippen LogP contribution >= 0.6 is 0 Å². The lowest BCUT2D eigenvalue weighted by Gasteiger charge is -2.32. The molecule has 0 saturated heterocycles. The fraction of sp³-hybridized carbons (Fsp3) is 1.00. The van der Waals surface area contributed by atoms with Gasteiger partial charge in [0.05, 0.1) is 0 Å². The maximum absolute atomic E-state index is 5.74. The van der Waals surface area contributed by atoms with Gasteiger partial charge in [-0.15, -0.1) is 0 Å². The third-order valence-corrected chi connectivity index (χ3v) is 6.31. The topological polar surface area (TPSA) is 9.23 Å². The van der Waals surface area contributed by atoms with Crippen LogP contribution in [0.1, 0.15) is 97.3 Å². The maximum Gasteiger partial charge on any atom is 0.0494 e. The summed E-state index contributed by atoms with van der Waals surface area (Å²) in [5, 5.41) is 0. The highest BCUT2D eigenvalue weighted by molar-refractivity contribution is 4.76. The zero-order valence-electron chi connectivity index (χ0n) is 15.3. The largest absolute Gasteiger partial charge is 0.381 e. The molecule has 2 rings (SSSR count). The molecule has 0 bridgehead atoms.